The number of benzene rings is 1. The van der Waals surface area contributed by atoms with Crippen LogP contribution in [-0.2, 0) is 0 Å². The molecule has 2 heteroatoms. The largest absolute Gasteiger partial charge is 0.122 e. The first kappa shape index (κ1) is 11.7. The second-order valence-electron chi connectivity index (χ2n) is 3.42. The van der Waals surface area contributed by atoms with Gasteiger partial charge in [0.05, 0.1) is 0 Å². The molecule has 0 radical (unpaired) electrons. The van der Waals surface area contributed by atoms with E-state index in [0.29, 0.717) is 5.88 Å². The number of halogens is 1. The van der Waals surface area contributed by atoms with Crippen molar-refractivity contribution < 1.29 is 0 Å². The third-order valence-electron chi connectivity index (χ3n) is 2.11. The van der Waals surface area contributed by atoms with Crippen molar-refractivity contribution in [1.29, 1.82) is 0 Å². The summed E-state index contributed by atoms with van der Waals surface area (Å²) in [5.41, 5.74) is 3.76. The van der Waals surface area contributed by atoms with E-state index in [-0.39, 0.29) is 0 Å². The molecule has 0 fully saturated rings. The van der Waals surface area contributed by atoms with Gasteiger partial charge in [0.25, 0.3) is 0 Å². The van der Waals surface area contributed by atoms with Gasteiger partial charge >= 0.3 is 0 Å². The first-order valence-electron chi connectivity index (χ1n) is 4.56. The molecule has 1 rings (SSSR count). The van der Waals surface area contributed by atoms with E-state index >= 15 is 0 Å². The van der Waals surface area contributed by atoms with Gasteiger partial charge < -0.3 is 0 Å². The zero-order chi connectivity index (χ0) is 10.6. The van der Waals surface area contributed by atoms with Crippen LogP contribution in [0.4, 0.5) is 0 Å². The van der Waals surface area contributed by atoms with Crippen molar-refractivity contribution in [3.8, 4) is 0 Å². The van der Waals surface area contributed by atoms with Gasteiger partial charge in [-0.3, -0.25) is 0 Å². The van der Waals surface area contributed by atoms with E-state index in [4.69, 9.17) is 11.6 Å². The average Bonchev–Trinajstić information content (AvgIpc) is 2.19. The highest BCUT2D eigenvalue weighted by atomic mass is 35.5. The fourth-order valence-corrected chi connectivity index (χ4v) is 2.13. The van der Waals surface area contributed by atoms with Crippen molar-refractivity contribution >= 4 is 23.4 Å². The van der Waals surface area contributed by atoms with Gasteiger partial charge in [0.1, 0.15) is 0 Å². The van der Waals surface area contributed by atoms with Gasteiger partial charge in [-0.1, -0.05) is 18.2 Å². The number of rotatable bonds is 4. The number of hydrogen-bond acceptors (Lipinski definition) is 1. The van der Waals surface area contributed by atoms with E-state index < -0.39 is 0 Å². The predicted molar refractivity (Wildman–Crippen MR) is 66.5 cm³/mol. The van der Waals surface area contributed by atoms with Crippen LogP contribution >= 0.6 is 23.4 Å². The van der Waals surface area contributed by atoms with E-state index in [1.807, 2.05) is 0 Å². The van der Waals surface area contributed by atoms with Crippen molar-refractivity contribution in [3.05, 3.63) is 41.5 Å². The smallest absolute Gasteiger partial charge is 0.0439 e. The van der Waals surface area contributed by atoms with Gasteiger partial charge in [0.15, 0.2) is 0 Å². The molecule has 0 spiro atoms. The zero-order valence-electron chi connectivity index (χ0n) is 8.64. The first-order chi connectivity index (χ1) is 6.63. The lowest BCUT2D eigenvalue weighted by molar-refractivity contribution is 1.28. The van der Waals surface area contributed by atoms with E-state index in [9.17, 15) is 0 Å². The normalized spacial score (nSPS) is 10.2. The quantitative estimate of drug-likeness (QED) is 0.422. The Bertz CT molecular complexity index is 331. The van der Waals surface area contributed by atoms with Crippen molar-refractivity contribution in [3.63, 3.8) is 0 Å². The molecule has 0 heterocycles. The van der Waals surface area contributed by atoms with Gasteiger partial charge in [0, 0.05) is 16.5 Å². The maximum absolute atomic E-state index is 5.66. The molecule has 0 aliphatic rings. The number of alkyl halides is 1. The summed E-state index contributed by atoms with van der Waals surface area (Å²) in [6, 6.07) is 6.51. The summed E-state index contributed by atoms with van der Waals surface area (Å²) in [7, 11) is 0. The Morgan fingerprint density at radius 2 is 2.07 bits per heavy atom. The fraction of sp³-hybridized carbons (Fsp3) is 0.333. The number of aryl methyl sites for hydroxylation is 2. The van der Waals surface area contributed by atoms with E-state index in [1.54, 1.807) is 11.8 Å². The van der Waals surface area contributed by atoms with Crippen molar-refractivity contribution in [2.24, 2.45) is 0 Å². The summed E-state index contributed by atoms with van der Waals surface area (Å²) in [6.07, 6.45) is 0. The fourth-order valence-electron chi connectivity index (χ4n) is 1.03. The van der Waals surface area contributed by atoms with E-state index in [0.717, 1.165) is 11.3 Å². The molecule has 0 saturated heterocycles. The van der Waals surface area contributed by atoms with Crippen LogP contribution in [0.1, 0.15) is 11.1 Å². The van der Waals surface area contributed by atoms with Crippen LogP contribution in [0.3, 0.4) is 0 Å². The summed E-state index contributed by atoms with van der Waals surface area (Å²) < 4.78 is 0. The van der Waals surface area contributed by atoms with Gasteiger partial charge in [-0.2, -0.15) is 0 Å². The Morgan fingerprint density at radius 1 is 1.36 bits per heavy atom. The summed E-state index contributed by atoms with van der Waals surface area (Å²) in [5.74, 6) is 1.46. The van der Waals surface area contributed by atoms with Gasteiger partial charge in [-0.25, -0.2) is 0 Å². The molecule has 1 aromatic carbocycles. The highest BCUT2D eigenvalue weighted by Gasteiger charge is 1.98. The molecule has 0 atom stereocenters. The van der Waals surface area contributed by atoms with Gasteiger partial charge in [0.2, 0.25) is 0 Å². The van der Waals surface area contributed by atoms with Crippen molar-refractivity contribution in [1.82, 2.24) is 0 Å². The Labute approximate surface area is 95.4 Å². The molecule has 1 aromatic rings. The van der Waals surface area contributed by atoms with Crippen molar-refractivity contribution in [2.75, 3.05) is 11.6 Å². The van der Waals surface area contributed by atoms with E-state index in [2.05, 4.69) is 38.6 Å². The van der Waals surface area contributed by atoms with E-state index in [1.165, 1.54) is 16.0 Å². The topological polar surface area (TPSA) is 0 Å². The zero-order valence-corrected chi connectivity index (χ0v) is 10.2. The van der Waals surface area contributed by atoms with Gasteiger partial charge in [-0.15, -0.1) is 23.4 Å². The molecule has 0 aromatic heterocycles. The van der Waals surface area contributed by atoms with Crippen molar-refractivity contribution in [2.45, 2.75) is 18.7 Å². The van der Waals surface area contributed by atoms with Crippen LogP contribution < -0.4 is 0 Å². The Balaban J connectivity index is 2.60. The standard InChI is InChI=1S/C12H15ClS/c1-9(7-13)8-14-12-5-4-10(2)11(3)6-12/h4-6H,1,7-8H2,2-3H3. The third kappa shape index (κ3) is 3.39. The Morgan fingerprint density at radius 3 is 2.64 bits per heavy atom. The lowest BCUT2D eigenvalue weighted by atomic mass is 10.1. The average molecular weight is 227 g/mol. The second-order valence-corrected chi connectivity index (χ2v) is 4.73. The molecule has 0 N–H and O–H groups in total. The second kappa shape index (κ2) is 5.47. The Kier molecular flexibility index (Phi) is 4.56. The lowest BCUT2D eigenvalue weighted by Crippen LogP contribution is -1.87. The monoisotopic (exact) mass is 226 g/mol. The third-order valence-corrected chi connectivity index (χ3v) is 3.63. The Hall–Kier alpha value is -0.400. The molecular weight excluding hydrogens is 212 g/mol. The predicted octanol–water partition coefficient (Wildman–Crippen LogP) is 4.19. The van der Waals surface area contributed by atoms with Crippen LogP contribution in [0.5, 0.6) is 0 Å². The van der Waals surface area contributed by atoms with Crippen LogP contribution in [0.2, 0.25) is 0 Å². The first-order valence-corrected chi connectivity index (χ1v) is 6.08. The molecule has 0 nitrogen and oxygen atoms in total. The number of thioether (sulfide) groups is 1. The summed E-state index contributed by atoms with van der Waals surface area (Å²) >= 11 is 7.45. The molecule has 0 bridgehead atoms. The SMILES string of the molecule is C=C(CCl)CSc1ccc(C)c(C)c1. The minimum absolute atomic E-state index is 0.553. The minimum Gasteiger partial charge on any atom is -0.122 e. The number of hydrogen-bond donors (Lipinski definition) is 0. The molecule has 0 saturated carbocycles. The molecular formula is C12H15ClS. The maximum Gasteiger partial charge on any atom is 0.0439 e. The summed E-state index contributed by atoms with van der Waals surface area (Å²) in [4.78, 5) is 1.29. The molecule has 0 amide bonds. The maximum atomic E-state index is 5.66. The molecule has 0 unspecified atom stereocenters. The van der Waals surface area contributed by atoms with Gasteiger partial charge in [-0.05, 0) is 37.1 Å². The molecule has 0 aliphatic carbocycles. The van der Waals surface area contributed by atoms with Crippen LogP contribution in [0.15, 0.2) is 35.2 Å². The van der Waals surface area contributed by atoms with Crippen LogP contribution in [0, 0.1) is 13.8 Å². The van der Waals surface area contributed by atoms with Crippen LogP contribution in [0.25, 0.3) is 0 Å². The molecule has 76 valence electrons. The van der Waals surface area contributed by atoms with Crippen LogP contribution in [-0.4, -0.2) is 11.6 Å². The highest BCUT2D eigenvalue weighted by molar-refractivity contribution is 7.99. The molecule has 0 aliphatic heterocycles. The molecule has 14 heavy (non-hydrogen) atoms. The minimum atomic E-state index is 0.553. The summed E-state index contributed by atoms with van der Waals surface area (Å²) in [5, 5.41) is 0. The summed E-state index contributed by atoms with van der Waals surface area (Å²) in [6.45, 7) is 8.14. The highest BCUT2D eigenvalue weighted by Crippen LogP contribution is 2.22. The lowest BCUT2D eigenvalue weighted by Gasteiger charge is -2.05.